The van der Waals surface area contributed by atoms with Crippen molar-refractivity contribution >= 4 is 0 Å². The Balaban J connectivity index is 2.05. The van der Waals surface area contributed by atoms with Crippen LogP contribution >= 0.6 is 0 Å². The molecule has 118 valence electrons. The third-order valence-corrected chi connectivity index (χ3v) is 4.13. The highest BCUT2D eigenvalue weighted by molar-refractivity contribution is 5.42. The maximum atomic E-state index is 6.44. The second-order valence-electron chi connectivity index (χ2n) is 5.79. The number of methoxy groups -OCH3 is 2. The van der Waals surface area contributed by atoms with Crippen molar-refractivity contribution in [3.63, 3.8) is 0 Å². The molecule has 0 bridgehead atoms. The molecule has 1 fully saturated rings. The molecule has 0 heterocycles. The lowest BCUT2D eigenvalue weighted by Crippen LogP contribution is -2.34. The first-order valence-corrected chi connectivity index (χ1v) is 7.91. The van der Waals surface area contributed by atoms with E-state index in [-0.39, 0.29) is 6.04 Å². The fourth-order valence-electron chi connectivity index (χ4n) is 2.70. The lowest BCUT2D eigenvalue weighted by atomic mass is 10.1. The van der Waals surface area contributed by atoms with E-state index in [1.807, 2.05) is 18.2 Å². The summed E-state index contributed by atoms with van der Waals surface area (Å²) in [6.45, 7) is 4.28. The first-order chi connectivity index (χ1) is 10.2. The van der Waals surface area contributed by atoms with Crippen molar-refractivity contribution in [2.45, 2.75) is 44.7 Å². The van der Waals surface area contributed by atoms with E-state index in [0.717, 1.165) is 36.2 Å². The second kappa shape index (κ2) is 7.66. The highest BCUT2D eigenvalue weighted by atomic mass is 16.5. The molecule has 1 aliphatic rings. The quantitative estimate of drug-likeness (QED) is 0.760. The van der Waals surface area contributed by atoms with Crippen molar-refractivity contribution < 1.29 is 9.47 Å². The molecule has 4 nitrogen and oxygen atoms in total. The first kappa shape index (κ1) is 16.1. The summed E-state index contributed by atoms with van der Waals surface area (Å²) in [6, 6.07) is 6.59. The van der Waals surface area contributed by atoms with Gasteiger partial charge in [-0.1, -0.05) is 19.4 Å². The van der Waals surface area contributed by atoms with E-state index in [9.17, 15) is 0 Å². The van der Waals surface area contributed by atoms with Crippen LogP contribution in [0.3, 0.4) is 0 Å². The van der Waals surface area contributed by atoms with Crippen LogP contribution in [-0.4, -0.2) is 38.3 Å². The van der Waals surface area contributed by atoms with Crippen LogP contribution in [0.1, 0.15) is 44.2 Å². The normalized spacial score (nSPS) is 16.0. The Labute approximate surface area is 128 Å². The van der Waals surface area contributed by atoms with Crippen LogP contribution in [0.2, 0.25) is 0 Å². The second-order valence-corrected chi connectivity index (χ2v) is 5.79. The van der Waals surface area contributed by atoms with E-state index in [1.54, 1.807) is 14.2 Å². The fourth-order valence-corrected chi connectivity index (χ4v) is 2.70. The zero-order chi connectivity index (χ0) is 15.2. The van der Waals surface area contributed by atoms with Gasteiger partial charge in [0.15, 0.2) is 0 Å². The number of nitrogens with two attached hydrogens (primary N) is 1. The van der Waals surface area contributed by atoms with Crippen LogP contribution in [0.15, 0.2) is 18.2 Å². The van der Waals surface area contributed by atoms with Gasteiger partial charge in [0.05, 0.1) is 14.2 Å². The Hall–Kier alpha value is -1.26. The molecule has 1 unspecified atom stereocenters. The lowest BCUT2D eigenvalue weighted by molar-refractivity contribution is 0.242. The van der Waals surface area contributed by atoms with Crippen LogP contribution in [0.25, 0.3) is 0 Å². The summed E-state index contributed by atoms with van der Waals surface area (Å²) in [7, 11) is 3.34. The number of benzene rings is 1. The van der Waals surface area contributed by atoms with E-state index in [2.05, 4.69) is 11.8 Å². The van der Waals surface area contributed by atoms with Gasteiger partial charge in [0.2, 0.25) is 0 Å². The zero-order valence-corrected chi connectivity index (χ0v) is 13.5. The SMILES string of the molecule is CCCCN(CC(N)c1ccc(OC)cc1OC)C1CC1. The van der Waals surface area contributed by atoms with E-state index in [1.165, 1.54) is 25.7 Å². The first-order valence-electron chi connectivity index (χ1n) is 7.91. The molecule has 0 saturated heterocycles. The Bertz CT molecular complexity index is 446. The average Bonchev–Trinajstić information content (AvgIpc) is 3.35. The number of hydrogen-bond acceptors (Lipinski definition) is 4. The number of rotatable bonds is 9. The number of nitrogens with zero attached hydrogens (tertiary/aromatic N) is 1. The fraction of sp³-hybridized carbons (Fsp3) is 0.647. The van der Waals surface area contributed by atoms with Gasteiger partial charge >= 0.3 is 0 Å². The van der Waals surface area contributed by atoms with Crippen LogP contribution in [-0.2, 0) is 0 Å². The monoisotopic (exact) mass is 292 g/mol. The maximum Gasteiger partial charge on any atom is 0.127 e. The van der Waals surface area contributed by atoms with Crippen LogP contribution in [0.4, 0.5) is 0 Å². The molecule has 2 rings (SSSR count). The molecule has 0 radical (unpaired) electrons. The van der Waals surface area contributed by atoms with Gasteiger partial charge < -0.3 is 15.2 Å². The van der Waals surface area contributed by atoms with Gasteiger partial charge in [-0.2, -0.15) is 0 Å². The highest BCUT2D eigenvalue weighted by Crippen LogP contribution is 2.32. The molecule has 1 aromatic carbocycles. The molecule has 1 aliphatic carbocycles. The summed E-state index contributed by atoms with van der Waals surface area (Å²) in [5.41, 5.74) is 7.49. The van der Waals surface area contributed by atoms with Gasteiger partial charge in [-0.3, -0.25) is 4.90 Å². The van der Waals surface area contributed by atoms with Gasteiger partial charge in [0.25, 0.3) is 0 Å². The Morgan fingerprint density at radius 1 is 1.29 bits per heavy atom. The largest absolute Gasteiger partial charge is 0.497 e. The standard InChI is InChI=1S/C17H28N2O2/c1-4-5-10-19(13-6-7-13)12-16(18)15-9-8-14(20-2)11-17(15)21-3/h8-9,11,13,16H,4-7,10,12,18H2,1-3H3. The molecule has 0 spiro atoms. The molecule has 1 aromatic rings. The highest BCUT2D eigenvalue weighted by Gasteiger charge is 2.30. The molecule has 1 atom stereocenters. The third-order valence-electron chi connectivity index (χ3n) is 4.13. The van der Waals surface area contributed by atoms with Crippen molar-refractivity contribution in [1.29, 1.82) is 0 Å². The van der Waals surface area contributed by atoms with Gasteiger partial charge in [-0.05, 0) is 31.9 Å². The van der Waals surface area contributed by atoms with Crippen LogP contribution in [0, 0.1) is 0 Å². The Kier molecular flexibility index (Phi) is 5.88. The predicted octanol–water partition coefficient (Wildman–Crippen LogP) is 2.97. The van der Waals surface area contributed by atoms with E-state index >= 15 is 0 Å². The molecule has 0 aromatic heterocycles. The summed E-state index contributed by atoms with van der Waals surface area (Å²) in [5.74, 6) is 1.61. The summed E-state index contributed by atoms with van der Waals surface area (Å²) in [6.07, 6.45) is 5.10. The van der Waals surface area contributed by atoms with Crippen molar-refractivity contribution in [2.75, 3.05) is 27.3 Å². The minimum atomic E-state index is -0.0247. The van der Waals surface area contributed by atoms with E-state index < -0.39 is 0 Å². The Morgan fingerprint density at radius 3 is 2.62 bits per heavy atom. The predicted molar refractivity (Wildman–Crippen MR) is 86.0 cm³/mol. The van der Waals surface area contributed by atoms with Gasteiger partial charge in [-0.25, -0.2) is 0 Å². The van der Waals surface area contributed by atoms with Gasteiger partial charge in [0, 0.05) is 30.3 Å². The molecule has 0 amide bonds. The molecule has 21 heavy (non-hydrogen) atoms. The molecule has 0 aliphatic heterocycles. The topological polar surface area (TPSA) is 47.7 Å². The number of unbranched alkanes of at least 4 members (excludes halogenated alkanes) is 1. The van der Waals surface area contributed by atoms with E-state index in [4.69, 9.17) is 15.2 Å². The lowest BCUT2D eigenvalue weighted by Gasteiger charge is -2.26. The van der Waals surface area contributed by atoms with Crippen molar-refractivity contribution in [1.82, 2.24) is 4.90 Å². The smallest absolute Gasteiger partial charge is 0.127 e. The third kappa shape index (κ3) is 4.35. The minimum absolute atomic E-state index is 0.0247. The molecule has 2 N–H and O–H groups in total. The van der Waals surface area contributed by atoms with Crippen LogP contribution < -0.4 is 15.2 Å². The minimum Gasteiger partial charge on any atom is -0.497 e. The number of ether oxygens (including phenoxy) is 2. The summed E-state index contributed by atoms with van der Waals surface area (Å²) in [5, 5.41) is 0. The summed E-state index contributed by atoms with van der Waals surface area (Å²) >= 11 is 0. The van der Waals surface area contributed by atoms with Crippen molar-refractivity contribution in [3.8, 4) is 11.5 Å². The average molecular weight is 292 g/mol. The zero-order valence-electron chi connectivity index (χ0n) is 13.5. The summed E-state index contributed by atoms with van der Waals surface area (Å²) in [4.78, 5) is 2.54. The molecular formula is C17H28N2O2. The van der Waals surface area contributed by atoms with Crippen molar-refractivity contribution in [2.24, 2.45) is 5.73 Å². The van der Waals surface area contributed by atoms with Crippen LogP contribution in [0.5, 0.6) is 11.5 Å². The number of hydrogen-bond donors (Lipinski definition) is 1. The van der Waals surface area contributed by atoms with Gasteiger partial charge in [-0.15, -0.1) is 0 Å². The molecular weight excluding hydrogens is 264 g/mol. The van der Waals surface area contributed by atoms with Gasteiger partial charge in [0.1, 0.15) is 11.5 Å². The summed E-state index contributed by atoms with van der Waals surface area (Å²) < 4.78 is 10.7. The Morgan fingerprint density at radius 2 is 2.05 bits per heavy atom. The molecule has 4 heteroatoms. The maximum absolute atomic E-state index is 6.44. The van der Waals surface area contributed by atoms with E-state index in [0.29, 0.717) is 0 Å². The van der Waals surface area contributed by atoms with Crippen molar-refractivity contribution in [3.05, 3.63) is 23.8 Å². The molecule has 1 saturated carbocycles.